The number of aryl methyl sites for hydroxylation is 1. The zero-order valence-corrected chi connectivity index (χ0v) is 13.6. The molecule has 0 radical (unpaired) electrons. The molecule has 1 N–H and O–H groups in total. The topological polar surface area (TPSA) is 15.3 Å². The third kappa shape index (κ3) is 3.76. The zero-order chi connectivity index (χ0) is 14.6. The van der Waals surface area contributed by atoms with E-state index in [9.17, 15) is 0 Å². The van der Waals surface area contributed by atoms with Gasteiger partial charge in [-0.15, -0.1) is 0 Å². The van der Waals surface area contributed by atoms with Gasteiger partial charge in [0.25, 0.3) is 0 Å². The van der Waals surface area contributed by atoms with Crippen molar-refractivity contribution >= 4 is 5.69 Å². The maximum absolute atomic E-state index is 3.66. The number of benzene rings is 1. The first kappa shape index (κ1) is 15.4. The van der Waals surface area contributed by atoms with Crippen LogP contribution in [0.5, 0.6) is 0 Å². The number of para-hydroxylation sites is 1. The largest absolute Gasteiger partial charge is 0.371 e. The first-order chi connectivity index (χ1) is 9.52. The Bertz CT molecular complexity index is 420. The van der Waals surface area contributed by atoms with E-state index in [1.54, 1.807) is 0 Å². The lowest BCUT2D eigenvalue weighted by Crippen LogP contribution is -2.43. The Kier molecular flexibility index (Phi) is 5.09. The minimum absolute atomic E-state index is 0.325. The van der Waals surface area contributed by atoms with E-state index in [4.69, 9.17) is 0 Å². The third-order valence-electron chi connectivity index (χ3n) is 4.39. The predicted octanol–water partition coefficient (Wildman–Crippen LogP) is 3.85. The van der Waals surface area contributed by atoms with Crippen molar-refractivity contribution in [1.29, 1.82) is 0 Å². The number of rotatable bonds is 5. The Hall–Kier alpha value is -1.02. The number of nitrogens with one attached hydrogen (secondary N) is 1. The van der Waals surface area contributed by atoms with E-state index in [-0.39, 0.29) is 0 Å². The quantitative estimate of drug-likeness (QED) is 0.877. The number of hydrogen-bond acceptors (Lipinski definition) is 2. The van der Waals surface area contributed by atoms with Gasteiger partial charge in [0.2, 0.25) is 0 Å². The summed E-state index contributed by atoms with van der Waals surface area (Å²) in [6.07, 6.45) is 3.74. The molecule has 0 aromatic heterocycles. The lowest BCUT2D eigenvalue weighted by atomic mass is 9.84. The Balaban J connectivity index is 2.00. The van der Waals surface area contributed by atoms with Crippen molar-refractivity contribution in [3.63, 3.8) is 0 Å². The van der Waals surface area contributed by atoms with E-state index in [0.717, 1.165) is 13.1 Å². The fourth-order valence-corrected chi connectivity index (χ4v) is 3.22. The van der Waals surface area contributed by atoms with Gasteiger partial charge in [0.1, 0.15) is 0 Å². The van der Waals surface area contributed by atoms with Crippen LogP contribution in [0.15, 0.2) is 24.3 Å². The summed E-state index contributed by atoms with van der Waals surface area (Å²) in [7, 11) is 0. The van der Waals surface area contributed by atoms with Crippen molar-refractivity contribution in [1.82, 2.24) is 5.32 Å². The number of anilines is 1. The molecule has 112 valence electrons. The smallest absolute Gasteiger partial charge is 0.0398 e. The van der Waals surface area contributed by atoms with Gasteiger partial charge < -0.3 is 10.2 Å². The Labute approximate surface area is 124 Å². The van der Waals surface area contributed by atoms with Gasteiger partial charge in [0.15, 0.2) is 0 Å². The monoisotopic (exact) mass is 274 g/mol. The van der Waals surface area contributed by atoms with Crippen LogP contribution in [0.3, 0.4) is 0 Å². The summed E-state index contributed by atoms with van der Waals surface area (Å²) >= 11 is 0. The van der Waals surface area contributed by atoms with Gasteiger partial charge >= 0.3 is 0 Å². The van der Waals surface area contributed by atoms with Crippen molar-refractivity contribution in [3.05, 3.63) is 29.8 Å². The van der Waals surface area contributed by atoms with Gasteiger partial charge in [-0.05, 0) is 42.9 Å². The van der Waals surface area contributed by atoms with Crippen LogP contribution in [0.25, 0.3) is 0 Å². The fourth-order valence-electron chi connectivity index (χ4n) is 3.22. The molecule has 20 heavy (non-hydrogen) atoms. The van der Waals surface area contributed by atoms with Gasteiger partial charge in [-0.25, -0.2) is 0 Å². The molecular formula is C18H30N2. The molecule has 2 rings (SSSR count). The molecule has 1 aromatic carbocycles. The molecule has 0 saturated carbocycles. The van der Waals surface area contributed by atoms with Crippen LogP contribution in [0.2, 0.25) is 0 Å². The van der Waals surface area contributed by atoms with Crippen LogP contribution in [-0.2, 0) is 6.42 Å². The normalized spacial score (nSPS) is 16.9. The molecule has 1 aliphatic rings. The van der Waals surface area contributed by atoms with Crippen LogP contribution >= 0.6 is 0 Å². The van der Waals surface area contributed by atoms with Crippen molar-refractivity contribution in [3.8, 4) is 0 Å². The summed E-state index contributed by atoms with van der Waals surface area (Å²) in [4.78, 5) is 2.58. The van der Waals surface area contributed by atoms with E-state index in [0.29, 0.717) is 11.5 Å². The molecule has 0 bridgehead atoms. The Morgan fingerprint density at radius 2 is 2.00 bits per heavy atom. The summed E-state index contributed by atoms with van der Waals surface area (Å²) < 4.78 is 0. The fraction of sp³-hybridized carbons (Fsp3) is 0.667. The molecule has 2 nitrogen and oxygen atoms in total. The SMILES string of the molecule is CCNC(CCN1CCCc2ccccc21)C(C)(C)C. The minimum Gasteiger partial charge on any atom is -0.371 e. The number of fused-ring (bicyclic) bond motifs is 1. The first-order valence-corrected chi connectivity index (χ1v) is 8.08. The number of hydrogen-bond donors (Lipinski definition) is 1. The molecule has 2 heteroatoms. The second-order valence-corrected chi connectivity index (χ2v) is 6.98. The Morgan fingerprint density at radius 1 is 1.25 bits per heavy atom. The lowest BCUT2D eigenvalue weighted by molar-refractivity contribution is 0.259. The van der Waals surface area contributed by atoms with Crippen LogP contribution in [0, 0.1) is 5.41 Å². The molecule has 0 saturated heterocycles. The van der Waals surface area contributed by atoms with Crippen LogP contribution in [0.1, 0.15) is 46.1 Å². The van der Waals surface area contributed by atoms with Crippen molar-refractivity contribution < 1.29 is 0 Å². The van der Waals surface area contributed by atoms with Crippen molar-refractivity contribution in [2.24, 2.45) is 5.41 Å². The average molecular weight is 274 g/mol. The molecule has 0 spiro atoms. The lowest BCUT2D eigenvalue weighted by Gasteiger charge is -2.36. The van der Waals surface area contributed by atoms with E-state index in [1.165, 1.54) is 37.1 Å². The van der Waals surface area contributed by atoms with Gasteiger partial charge in [-0.2, -0.15) is 0 Å². The first-order valence-electron chi connectivity index (χ1n) is 8.08. The molecule has 0 fully saturated rings. The van der Waals surface area contributed by atoms with Crippen molar-refractivity contribution in [2.45, 2.75) is 53.0 Å². The summed E-state index contributed by atoms with van der Waals surface area (Å²) in [5.41, 5.74) is 3.31. The number of nitrogens with zero attached hydrogens (tertiary/aromatic N) is 1. The highest BCUT2D eigenvalue weighted by Gasteiger charge is 2.25. The highest BCUT2D eigenvalue weighted by Crippen LogP contribution is 2.28. The van der Waals surface area contributed by atoms with Crippen LogP contribution in [-0.4, -0.2) is 25.7 Å². The highest BCUT2D eigenvalue weighted by atomic mass is 15.1. The third-order valence-corrected chi connectivity index (χ3v) is 4.39. The highest BCUT2D eigenvalue weighted by molar-refractivity contribution is 5.55. The predicted molar refractivity (Wildman–Crippen MR) is 88.5 cm³/mol. The van der Waals surface area contributed by atoms with Gasteiger partial charge in [-0.3, -0.25) is 0 Å². The van der Waals surface area contributed by atoms with Crippen LogP contribution in [0.4, 0.5) is 5.69 Å². The molecule has 1 atom stereocenters. The Morgan fingerprint density at radius 3 is 2.70 bits per heavy atom. The van der Waals surface area contributed by atoms with Gasteiger partial charge in [-0.1, -0.05) is 45.9 Å². The maximum Gasteiger partial charge on any atom is 0.0398 e. The van der Waals surface area contributed by atoms with Crippen molar-refractivity contribution in [2.75, 3.05) is 24.5 Å². The zero-order valence-electron chi connectivity index (χ0n) is 13.6. The summed E-state index contributed by atoms with van der Waals surface area (Å²) in [6.45, 7) is 12.6. The molecule has 1 unspecified atom stereocenters. The summed E-state index contributed by atoms with van der Waals surface area (Å²) in [5, 5.41) is 3.66. The van der Waals surface area contributed by atoms with Gasteiger partial charge in [0.05, 0.1) is 0 Å². The van der Waals surface area contributed by atoms with Gasteiger partial charge in [0, 0.05) is 24.8 Å². The molecule has 0 amide bonds. The summed E-state index contributed by atoms with van der Waals surface area (Å²) in [5.74, 6) is 0. The van der Waals surface area contributed by atoms with E-state index in [2.05, 4.69) is 62.2 Å². The standard InChI is InChI=1S/C18H30N2/c1-5-19-17(18(2,3)4)12-14-20-13-8-10-15-9-6-7-11-16(15)20/h6-7,9,11,17,19H,5,8,10,12-14H2,1-4H3. The molecule has 1 aromatic rings. The molecular weight excluding hydrogens is 244 g/mol. The van der Waals surface area contributed by atoms with E-state index in [1.807, 2.05) is 0 Å². The molecule has 0 aliphatic carbocycles. The average Bonchev–Trinajstić information content (AvgIpc) is 2.42. The molecule has 1 aliphatic heterocycles. The van der Waals surface area contributed by atoms with Crippen LogP contribution < -0.4 is 10.2 Å². The van der Waals surface area contributed by atoms with E-state index >= 15 is 0 Å². The second-order valence-electron chi connectivity index (χ2n) is 6.98. The summed E-state index contributed by atoms with van der Waals surface area (Å²) in [6, 6.07) is 9.49. The minimum atomic E-state index is 0.325. The van der Waals surface area contributed by atoms with E-state index < -0.39 is 0 Å². The maximum atomic E-state index is 3.66. The molecule has 1 heterocycles. The second kappa shape index (κ2) is 6.62.